The number of thioether (sulfide) groups is 1. The highest BCUT2D eigenvalue weighted by Crippen LogP contribution is 2.26. The summed E-state index contributed by atoms with van der Waals surface area (Å²) in [6.45, 7) is 0. The molecule has 0 aliphatic heterocycles. The lowest BCUT2D eigenvalue weighted by Crippen LogP contribution is -2.22. The molecule has 0 fully saturated rings. The van der Waals surface area contributed by atoms with Crippen molar-refractivity contribution in [2.75, 3.05) is 13.4 Å². The van der Waals surface area contributed by atoms with Gasteiger partial charge in [0, 0.05) is 14.9 Å². The smallest absolute Gasteiger partial charge is 0.266 e. The Morgan fingerprint density at radius 2 is 1.71 bits per heavy atom. The molecule has 0 atom stereocenters. The van der Waals surface area contributed by atoms with Gasteiger partial charge in [-0.3, -0.25) is 9.36 Å². The van der Waals surface area contributed by atoms with Crippen LogP contribution in [0.2, 0.25) is 0 Å². The zero-order valence-corrected chi connectivity index (χ0v) is 17.8. The van der Waals surface area contributed by atoms with Crippen molar-refractivity contribution in [1.82, 2.24) is 9.55 Å². The molecule has 28 heavy (non-hydrogen) atoms. The molecule has 1 heterocycles. The lowest BCUT2D eigenvalue weighted by atomic mass is 10.1. The fraction of sp³-hybridized carbons (Fsp3) is 0.0909. The van der Waals surface area contributed by atoms with Gasteiger partial charge in [0.05, 0.1) is 23.7 Å². The van der Waals surface area contributed by atoms with E-state index in [1.807, 2.05) is 73.0 Å². The summed E-state index contributed by atoms with van der Waals surface area (Å²) in [6.07, 6.45) is 2.03. The van der Waals surface area contributed by atoms with Gasteiger partial charge in [0.25, 0.3) is 5.56 Å². The Kier molecular flexibility index (Phi) is 5.24. The molecule has 0 unspecified atom stereocenters. The summed E-state index contributed by atoms with van der Waals surface area (Å²) in [4.78, 5) is 19.4. The van der Waals surface area contributed by atoms with Crippen LogP contribution in [-0.2, 0) is 0 Å². The van der Waals surface area contributed by atoms with Gasteiger partial charge in [0.2, 0.25) is 0 Å². The van der Waals surface area contributed by atoms with Gasteiger partial charge in [-0.2, -0.15) is 0 Å². The number of halogens is 1. The molecule has 4 aromatic rings. The van der Waals surface area contributed by atoms with E-state index in [-0.39, 0.29) is 5.56 Å². The third kappa shape index (κ3) is 3.45. The van der Waals surface area contributed by atoms with Crippen LogP contribution in [0, 0.1) is 0 Å². The maximum Gasteiger partial charge on any atom is 0.266 e. The van der Waals surface area contributed by atoms with E-state index in [2.05, 4.69) is 15.9 Å². The summed E-state index contributed by atoms with van der Waals surface area (Å²) in [5.74, 6) is 1.35. The van der Waals surface area contributed by atoms with E-state index in [0.29, 0.717) is 16.7 Å². The second kappa shape index (κ2) is 7.81. The summed E-state index contributed by atoms with van der Waals surface area (Å²) in [6, 6.07) is 21.1. The van der Waals surface area contributed by atoms with Crippen LogP contribution < -0.4 is 10.3 Å². The van der Waals surface area contributed by atoms with Gasteiger partial charge in [-0.15, -0.1) is 11.8 Å². The van der Waals surface area contributed by atoms with Crippen LogP contribution in [0.5, 0.6) is 5.75 Å². The molecule has 140 valence electrons. The van der Waals surface area contributed by atoms with E-state index in [9.17, 15) is 4.79 Å². The molecule has 0 saturated heterocycles. The van der Waals surface area contributed by atoms with E-state index < -0.39 is 0 Å². The Morgan fingerprint density at radius 3 is 2.36 bits per heavy atom. The summed E-state index contributed by atoms with van der Waals surface area (Å²) in [7, 11) is 1.63. The van der Waals surface area contributed by atoms with Gasteiger partial charge in [-0.1, -0.05) is 15.9 Å². The monoisotopic (exact) mass is 452 g/mol. The van der Waals surface area contributed by atoms with Gasteiger partial charge in [-0.25, -0.2) is 4.98 Å². The van der Waals surface area contributed by atoms with Gasteiger partial charge < -0.3 is 4.74 Å². The number of methoxy groups -OCH3 is 1. The third-order valence-electron chi connectivity index (χ3n) is 4.51. The zero-order valence-electron chi connectivity index (χ0n) is 15.3. The molecule has 0 aliphatic rings. The van der Waals surface area contributed by atoms with Crippen LogP contribution in [0.4, 0.5) is 0 Å². The number of benzene rings is 3. The molecule has 0 aliphatic carbocycles. The molecular formula is C22H17BrN2O2S. The summed E-state index contributed by atoms with van der Waals surface area (Å²) < 4.78 is 7.77. The number of hydrogen-bond donors (Lipinski definition) is 0. The van der Waals surface area contributed by atoms with E-state index in [0.717, 1.165) is 26.4 Å². The molecule has 3 aromatic carbocycles. The van der Waals surface area contributed by atoms with Gasteiger partial charge in [0.1, 0.15) is 11.6 Å². The average Bonchev–Trinajstić information content (AvgIpc) is 2.74. The maximum absolute atomic E-state index is 13.4. The second-order valence-electron chi connectivity index (χ2n) is 6.16. The van der Waals surface area contributed by atoms with Crippen molar-refractivity contribution in [2.45, 2.75) is 4.90 Å². The first kappa shape index (κ1) is 18.8. The topological polar surface area (TPSA) is 44.1 Å². The Hall–Kier alpha value is -2.57. The highest BCUT2D eigenvalue weighted by atomic mass is 79.9. The van der Waals surface area contributed by atoms with Crippen LogP contribution in [0.25, 0.3) is 28.0 Å². The van der Waals surface area contributed by atoms with Crippen LogP contribution in [0.1, 0.15) is 0 Å². The Bertz CT molecular complexity index is 1200. The fourth-order valence-corrected chi connectivity index (χ4v) is 3.83. The van der Waals surface area contributed by atoms with Gasteiger partial charge >= 0.3 is 0 Å². The molecule has 1 aromatic heterocycles. The number of ether oxygens (including phenoxy) is 1. The largest absolute Gasteiger partial charge is 0.497 e. The number of nitrogens with zero attached hydrogens (tertiary/aromatic N) is 2. The second-order valence-corrected chi connectivity index (χ2v) is 7.96. The highest BCUT2D eigenvalue weighted by Gasteiger charge is 2.15. The van der Waals surface area contributed by atoms with Crippen molar-refractivity contribution < 1.29 is 4.74 Å². The Morgan fingerprint density at radius 1 is 1.00 bits per heavy atom. The van der Waals surface area contributed by atoms with Crippen molar-refractivity contribution in [1.29, 1.82) is 0 Å². The molecular weight excluding hydrogens is 436 g/mol. The van der Waals surface area contributed by atoms with Crippen molar-refractivity contribution in [3.63, 3.8) is 0 Å². The normalized spacial score (nSPS) is 11.0. The van der Waals surface area contributed by atoms with Gasteiger partial charge in [-0.05, 0) is 73.0 Å². The van der Waals surface area contributed by atoms with Crippen molar-refractivity contribution in [3.8, 4) is 22.8 Å². The lowest BCUT2D eigenvalue weighted by molar-refractivity contribution is 0.415. The molecule has 0 bridgehead atoms. The molecule has 0 spiro atoms. The van der Waals surface area contributed by atoms with Crippen LogP contribution >= 0.6 is 27.7 Å². The number of rotatable bonds is 4. The van der Waals surface area contributed by atoms with E-state index in [4.69, 9.17) is 9.72 Å². The predicted octanol–water partition coefficient (Wildman–Crippen LogP) is 5.55. The molecule has 0 radical (unpaired) electrons. The molecule has 0 saturated carbocycles. The number of hydrogen-bond acceptors (Lipinski definition) is 4. The first-order valence-corrected chi connectivity index (χ1v) is 10.6. The van der Waals surface area contributed by atoms with Crippen molar-refractivity contribution >= 4 is 38.6 Å². The molecule has 6 heteroatoms. The summed E-state index contributed by atoms with van der Waals surface area (Å²) in [5, 5.41) is 0.570. The van der Waals surface area contributed by atoms with E-state index in [1.165, 1.54) is 0 Å². The van der Waals surface area contributed by atoms with E-state index in [1.54, 1.807) is 23.4 Å². The van der Waals surface area contributed by atoms with Crippen LogP contribution in [0.15, 0.2) is 80.9 Å². The first-order valence-electron chi connectivity index (χ1n) is 8.62. The molecule has 4 nitrogen and oxygen atoms in total. The van der Waals surface area contributed by atoms with Crippen molar-refractivity contribution in [3.05, 3.63) is 81.6 Å². The van der Waals surface area contributed by atoms with Crippen molar-refractivity contribution in [2.24, 2.45) is 0 Å². The third-order valence-corrected chi connectivity index (χ3v) is 5.75. The Balaban J connectivity index is 2.02. The van der Waals surface area contributed by atoms with Crippen LogP contribution in [-0.4, -0.2) is 22.9 Å². The Labute approximate surface area is 175 Å². The summed E-state index contributed by atoms with van der Waals surface area (Å²) in [5.41, 5.74) is 2.18. The molecule has 4 rings (SSSR count). The minimum atomic E-state index is -0.103. The average molecular weight is 453 g/mol. The predicted molar refractivity (Wildman–Crippen MR) is 119 cm³/mol. The summed E-state index contributed by atoms with van der Waals surface area (Å²) >= 11 is 5.12. The SMILES string of the molecule is COc1ccc(-c2nc3ccc(Br)cc3c(=O)n2-c2ccc(SC)cc2)cc1. The molecule has 0 amide bonds. The number of aromatic nitrogens is 2. The highest BCUT2D eigenvalue weighted by molar-refractivity contribution is 9.10. The number of fused-ring (bicyclic) bond motifs is 1. The first-order chi connectivity index (χ1) is 13.6. The standard InChI is InChI=1S/C22H17BrN2O2S/c1-27-17-8-3-14(4-9-17)21-24-20-12-5-15(23)13-19(20)22(26)25(21)16-6-10-18(28-2)11-7-16/h3-13H,1-2H3. The minimum Gasteiger partial charge on any atom is -0.497 e. The minimum absolute atomic E-state index is 0.103. The maximum atomic E-state index is 13.4. The fourth-order valence-electron chi connectivity index (χ4n) is 3.06. The van der Waals surface area contributed by atoms with E-state index >= 15 is 0 Å². The van der Waals surface area contributed by atoms with Gasteiger partial charge in [0.15, 0.2) is 0 Å². The molecule has 0 N–H and O–H groups in total. The zero-order chi connectivity index (χ0) is 19.7. The quantitative estimate of drug-likeness (QED) is 0.381. The van der Waals surface area contributed by atoms with Crippen LogP contribution in [0.3, 0.4) is 0 Å². The lowest BCUT2D eigenvalue weighted by Gasteiger charge is -2.15.